The molecule has 0 spiro atoms. The number of rotatable bonds is 5. The van der Waals surface area contributed by atoms with Crippen molar-refractivity contribution in [2.75, 3.05) is 11.1 Å². The fraction of sp³-hybridized carbons (Fsp3) is 0.192. The number of aliphatic imine (C=N–C) groups is 1. The van der Waals surface area contributed by atoms with Gasteiger partial charge in [0.1, 0.15) is 0 Å². The summed E-state index contributed by atoms with van der Waals surface area (Å²) in [6.07, 6.45) is 2.19. The van der Waals surface area contributed by atoms with Crippen molar-refractivity contribution >= 4 is 28.2 Å². The number of aryl methyl sites for hydroxylation is 3. The molecule has 0 radical (unpaired) electrons. The van der Waals surface area contributed by atoms with Gasteiger partial charge in [-0.25, -0.2) is 0 Å². The van der Waals surface area contributed by atoms with Crippen LogP contribution in [0.15, 0.2) is 83.9 Å². The fourth-order valence-corrected chi connectivity index (χ4v) is 4.92. The highest BCUT2D eigenvalue weighted by molar-refractivity contribution is 8.14. The Kier molecular flexibility index (Phi) is 5.86. The second kappa shape index (κ2) is 8.71. The Balaban J connectivity index is 1.67. The molecule has 0 saturated carbocycles. The quantitative estimate of drug-likeness (QED) is 0.503. The van der Waals surface area contributed by atoms with Crippen LogP contribution >= 0.6 is 11.8 Å². The lowest BCUT2D eigenvalue weighted by atomic mass is 9.95. The summed E-state index contributed by atoms with van der Waals surface area (Å²) in [7, 11) is 0. The van der Waals surface area contributed by atoms with Crippen LogP contribution < -0.4 is 5.32 Å². The summed E-state index contributed by atoms with van der Waals surface area (Å²) in [6, 6.07) is 25.5. The van der Waals surface area contributed by atoms with Crippen molar-refractivity contribution in [2.24, 2.45) is 4.99 Å². The summed E-state index contributed by atoms with van der Waals surface area (Å²) >= 11 is 1.83. The van der Waals surface area contributed by atoms with Crippen molar-refractivity contribution in [1.82, 2.24) is 0 Å². The van der Waals surface area contributed by atoms with Crippen molar-refractivity contribution in [2.45, 2.75) is 26.8 Å². The van der Waals surface area contributed by atoms with Gasteiger partial charge in [0.15, 0.2) is 0 Å². The first-order valence-electron chi connectivity index (χ1n) is 9.97. The summed E-state index contributed by atoms with van der Waals surface area (Å²) < 4.78 is 0. The Bertz CT molecular complexity index is 1030. The van der Waals surface area contributed by atoms with E-state index in [2.05, 4.69) is 80.7 Å². The second-order valence-electron chi connectivity index (χ2n) is 7.52. The molecular weight excluding hydrogens is 372 g/mol. The minimum atomic E-state index is 0.223. The Labute approximate surface area is 177 Å². The molecule has 4 rings (SSSR count). The van der Waals surface area contributed by atoms with Gasteiger partial charge >= 0.3 is 0 Å². The number of benzene rings is 3. The van der Waals surface area contributed by atoms with E-state index in [1.807, 2.05) is 36.0 Å². The zero-order valence-electron chi connectivity index (χ0n) is 17.1. The highest BCUT2D eigenvalue weighted by Crippen LogP contribution is 2.35. The molecule has 3 aromatic carbocycles. The van der Waals surface area contributed by atoms with E-state index in [0.29, 0.717) is 0 Å². The molecule has 3 aromatic rings. The molecule has 1 unspecified atom stereocenters. The average Bonchev–Trinajstić information content (AvgIpc) is 3.16. The van der Waals surface area contributed by atoms with Crippen molar-refractivity contribution in [3.8, 4) is 0 Å². The molecule has 0 bridgehead atoms. The minimum absolute atomic E-state index is 0.223. The van der Waals surface area contributed by atoms with Crippen molar-refractivity contribution in [3.05, 3.63) is 107 Å². The Morgan fingerprint density at radius 2 is 1.55 bits per heavy atom. The van der Waals surface area contributed by atoms with Crippen LogP contribution in [0.1, 0.15) is 33.9 Å². The predicted octanol–water partition coefficient (Wildman–Crippen LogP) is 6.95. The smallest absolute Gasteiger partial charge is 0.0934 e. The summed E-state index contributed by atoms with van der Waals surface area (Å²) in [4.78, 5) is 5.08. The van der Waals surface area contributed by atoms with E-state index in [4.69, 9.17) is 4.99 Å². The molecule has 1 aliphatic heterocycles. The van der Waals surface area contributed by atoms with Gasteiger partial charge in [0, 0.05) is 17.1 Å². The van der Waals surface area contributed by atoms with Gasteiger partial charge in [-0.15, -0.1) is 11.8 Å². The molecule has 1 N–H and O–H groups in total. The standard InChI is InChI=1S/C26H26N2S/c1-18-14-19(2)26(20(3)15-18)24-17-29-25(28-24)16-23(21-10-6-4-7-11-21)27-22-12-8-5-9-13-22/h4-16,24,27H,17H2,1-3H3. The van der Waals surface area contributed by atoms with Gasteiger partial charge in [0.25, 0.3) is 0 Å². The van der Waals surface area contributed by atoms with Gasteiger partial charge in [-0.3, -0.25) is 4.99 Å². The van der Waals surface area contributed by atoms with Crippen LogP contribution in [0.3, 0.4) is 0 Å². The number of hydrogen-bond acceptors (Lipinski definition) is 3. The van der Waals surface area contributed by atoms with E-state index >= 15 is 0 Å². The van der Waals surface area contributed by atoms with E-state index in [9.17, 15) is 0 Å². The summed E-state index contributed by atoms with van der Waals surface area (Å²) in [6.45, 7) is 6.57. The average molecular weight is 399 g/mol. The lowest BCUT2D eigenvalue weighted by Gasteiger charge is -2.14. The first kappa shape index (κ1) is 19.5. The molecule has 0 amide bonds. The summed E-state index contributed by atoms with van der Waals surface area (Å²) in [5.41, 5.74) is 8.68. The Morgan fingerprint density at radius 1 is 0.931 bits per heavy atom. The van der Waals surface area contributed by atoms with Gasteiger partial charge in [-0.05, 0) is 61.2 Å². The lowest BCUT2D eigenvalue weighted by Crippen LogP contribution is -2.02. The van der Waals surface area contributed by atoms with E-state index in [-0.39, 0.29) is 6.04 Å². The highest BCUT2D eigenvalue weighted by Gasteiger charge is 2.22. The van der Waals surface area contributed by atoms with Crippen LogP contribution in [0.2, 0.25) is 0 Å². The van der Waals surface area contributed by atoms with Crippen molar-refractivity contribution in [3.63, 3.8) is 0 Å². The number of anilines is 1. The molecule has 0 aromatic heterocycles. The van der Waals surface area contributed by atoms with E-state index < -0.39 is 0 Å². The number of hydrogen-bond donors (Lipinski definition) is 1. The Morgan fingerprint density at radius 3 is 2.21 bits per heavy atom. The van der Waals surface area contributed by atoms with Crippen LogP contribution in [-0.4, -0.2) is 10.8 Å². The first-order valence-corrected chi connectivity index (χ1v) is 11.0. The zero-order valence-corrected chi connectivity index (χ0v) is 18.0. The molecule has 0 fully saturated rings. The highest BCUT2D eigenvalue weighted by atomic mass is 32.2. The third-order valence-electron chi connectivity index (χ3n) is 5.15. The lowest BCUT2D eigenvalue weighted by molar-refractivity contribution is 0.830. The van der Waals surface area contributed by atoms with Crippen LogP contribution in [0.4, 0.5) is 5.69 Å². The van der Waals surface area contributed by atoms with Crippen LogP contribution in [0, 0.1) is 20.8 Å². The van der Waals surface area contributed by atoms with Gasteiger partial charge in [-0.1, -0.05) is 66.2 Å². The first-order chi connectivity index (χ1) is 14.1. The summed E-state index contributed by atoms with van der Waals surface area (Å²) in [5, 5.41) is 4.65. The van der Waals surface area contributed by atoms with Crippen LogP contribution in [-0.2, 0) is 0 Å². The molecule has 1 atom stereocenters. The number of nitrogens with one attached hydrogen (secondary N) is 1. The number of para-hydroxylation sites is 1. The van der Waals surface area contributed by atoms with E-state index in [0.717, 1.165) is 27.7 Å². The third kappa shape index (κ3) is 4.63. The summed E-state index contributed by atoms with van der Waals surface area (Å²) in [5.74, 6) is 0.990. The molecule has 0 saturated heterocycles. The molecule has 1 heterocycles. The van der Waals surface area contributed by atoms with Gasteiger partial charge < -0.3 is 5.32 Å². The van der Waals surface area contributed by atoms with Crippen molar-refractivity contribution < 1.29 is 0 Å². The van der Waals surface area contributed by atoms with E-state index in [1.54, 1.807) is 0 Å². The third-order valence-corrected chi connectivity index (χ3v) is 6.15. The SMILES string of the molecule is Cc1cc(C)c(C2CSC(C=C(Nc3ccccc3)c3ccccc3)=N2)c(C)c1. The minimum Gasteiger partial charge on any atom is -0.355 e. The monoisotopic (exact) mass is 398 g/mol. The maximum Gasteiger partial charge on any atom is 0.0934 e. The van der Waals surface area contributed by atoms with Gasteiger partial charge in [-0.2, -0.15) is 0 Å². The van der Waals surface area contributed by atoms with Crippen LogP contribution in [0.5, 0.6) is 0 Å². The molecule has 146 valence electrons. The topological polar surface area (TPSA) is 24.4 Å². The van der Waals surface area contributed by atoms with Gasteiger partial charge in [0.05, 0.1) is 11.1 Å². The largest absolute Gasteiger partial charge is 0.355 e. The second-order valence-corrected chi connectivity index (χ2v) is 8.56. The molecule has 3 heteroatoms. The molecule has 1 aliphatic rings. The zero-order chi connectivity index (χ0) is 20.2. The predicted molar refractivity (Wildman–Crippen MR) is 128 cm³/mol. The van der Waals surface area contributed by atoms with E-state index in [1.165, 1.54) is 22.3 Å². The molecular formula is C26H26N2S. The molecule has 29 heavy (non-hydrogen) atoms. The Hall–Kier alpha value is -2.78. The molecule has 2 nitrogen and oxygen atoms in total. The van der Waals surface area contributed by atoms with Crippen molar-refractivity contribution in [1.29, 1.82) is 0 Å². The maximum absolute atomic E-state index is 5.08. The molecule has 0 aliphatic carbocycles. The van der Waals surface area contributed by atoms with Crippen LogP contribution in [0.25, 0.3) is 5.70 Å². The van der Waals surface area contributed by atoms with Gasteiger partial charge in [0.2, 0.25) is 0 Å². The number of thioether (sulfide) groups is 1. The number of nitrogens with zero attached hydrogens (tertiary/aromatic N) is 1. The normalized spacial score (nSPS) is 16.6. The maximum atomic E-state index is 5.08. The fourth-order valence-electron chi connectivity index (χ4n) is 3.95.